The second-order valence-electron chi connectivity index (χ2n) is 6.18. The number of ether oxygens (including phenoxy) is 2. The number of thiazole rings is 1. The van der Waals surface area contributed by atoms with Gasteiger partial charge in [-0.15, -0.1) is 11.3 Å². The summed E-state index contributed by atoms with van der Waals surface area (Å²) in [6.07, 6.45) is -3.23. The number of hydrogen-bond acceptors (Lipinski definition) is 7. The third-order valence-electron chi connectivity index (χ3n) is 4.27. The number of halogens is 3. The number of anilines is 1. The molecule has 3 aromatic heterocycles. The van der Waals surface area contributed by atoms with E-state index in [9.17, 15) is 18.0 Å². The molecule has 0 saturated carbocycles. The minimum absolute atomic E-state index is 0.0409. The maximum absolute atomic E-state index is 13.7. The van der Waals surface area contributed by atoms with Crippen LogP contribution >= 0.6 is 11.3 Å². The normalized spacial score (nSPS) is 13.0. The molecule has 12 heteroatoms. The molecule has 152 valence electrons. The molecule has 1 aliphatic heterocycles. The SMILES string of the molecule is O=C(Nc1nccs1)c1cc2nc(-c3ccc4c(c3)OCO4)cc(C(F)(F)F)n2n1. The van der Waals surface area contributed by atoms with Gasteiger partial charge in [0.25, 0.3) is 5.91 Å². The summed E-state index contributed by atoms with van der Waals surface area (Å²) in [7, 11) is 0. The molecule has 0 fully saturated rings. The lowest BCUT2D eigenvalue weighted by Gasteiger charge is -2.11. The van der Waals surface area contributed by atoms with Crippen molar-refractivity contribution in [2.45, 2.75) is 6.18 Å². The topological polar surface area (TPSA) is 90.6 Å². The van der Waals surface area contributed by atoms with Gasteiger partial charge in [-0.1, -0.05) is 0 Å². The van der Waals surface area contributed by atoms with E-state index in [1.165, 1.54) is 23.6 Å². The third kappa shape index (κ3) is 3.20. The van der Waals surface area contributed by atoms with Gasteiger partial charge in [0.05, 0.1) is 5.69 Å². The number of carbonyl (C=O) groups is 1. The summed E-state index contributed by atoms with van der Waals surface area (Å²) in [5.74, 6) is 0.231. The van der Waals surface area contributed by atoms with Gasteiger partial charge in [-0.2, -0.15) is 18.3 Å². The highest BCUT2D eigenvalue weighted by molar-refractivity contribution is 7.13. The van der Waals surface area contributed by atoms with Crippen molar-refractivity contribution < 1.29 is 27.4 Å². The lowest BCUT2D eigenvalue weighted by molar-refractivity contribution is -0.142. The zero-order valence-electron chi connectivity index (χ0n) is 14.8. The van der Waals surface area contributed by atoms with Crippen molar-refractivity contribution in [3.8, 4) is 22.8 Å². The first-order chi connectivity index (χ1) is 14.4. The molecule has 1 aromatic carbocycles. The zero-order valence-corrected chi connectivity index (χ0v) is 15.6. The monoisotopic (exact) mass is 433 g/mol. The Labute approximate surface area is 169 Å². The number of aromatic nitrogens is 4. The highest BCUT2D eigenvalue weighted by atomic mass is 32.1. The van der Waals surface area contributed by atoms with E-state index in [-0.39, 0.29) is 23.8 Å². The summed E-state index contributed by atoms with van der Waals surface area (Å²) in [4.78, 5) is 20.5. The van der Waals surface area contributed by atoms with Gasteiger partial charge in [-0.3, -0.25) is 10.1 Å². The summed E-state index contributed by atoms with van der Waals surface area (Å²) in [6, 6.07) is 6.79. The van der Waals surface area contributed by atoms with Gasteiger partial charge in [0.1, 0.15) is 0 Å². The first kappa shape index (κ1) is 18.4. The molecular formula is C18H10F3N5O3S. The molecule has 0 aliphatic carbocycles. The van der Waals surface area contributed by atoms with Crippen LogP contribution in [0.2, 0.25) is 0 Å². The summed E-state index contributed by atoms with van der Waals surface area (Å²) in [6.45, 7) is 0.0409. The molecule has 0 spiro atoms. The highest BCUT2D eigenvalue weighted by Gasteiger charge is 2.36. The van der Waals surface area contributed by atoms with Crippen molar-refractivity contribution in [3.63, 3.8) is 0 Å². The van der Waals surface area contributed by atoms with Crippen molar-refractivity contribution in [1.82, 2.24) is 19.6 Å². The Morgan fingerprint density at radius 1 is 1.17 bits per heavy atom. The maximum atomic E-state index is 13.7. The van der Waals surface area contributed by atoms with Crippen LogP contribution in [0.3, 0.4) is 0 Å². The van der Waals surface area contributed by atoms with Gasteiger partial charge in [0.2, 0.25) is 6.79 Å². The van der Waals surface area contributed by atoms with Gasteiger partial charge in [0, 0.05) is 23.2 Å². The predicted molar refractivity (Wildman–Crippen MR) is 99.6 cm³/mol. The second-order valence-corrected chi connectivity index (χ2v) is 7.08. The number of amides is 1. The van der Waals surface area contributed by atoms with Gasteiger partial charge in [-0.05, 0) is 24.3 Å². The summed E-state index contributed by atoms with van der Waals surface area (Å²) in [5.41, 5.74) is -0.941. The largest absolute Gasteiger partial charge is 0.454 e. The molecule has 8 nitrogen and oxygen atoms in total. The van der Waals surface area contributed by atoms with Crippen LogP contribution in [0, 0.1) is 0 Å². The molecule has 5 rings (SSSR count). The molecule has 0 bridgehead atoms. The standard InChI is InChI=1S/C18H10F3N5O3S/c19-18(20,21)14-6-10(9-1-2-12-13(5-9)29-8-28-12)23-15-7-11(25-26(14)15)16(27)24-17-22-3-4-30-17/h1-7H,8H2,(H,22,24,27). The first-order valence-corrected chi connectivity index (χ1v) is 9.35. The minimum atomic E-state index is -4.72. The quantitative estimate of drug-likeness (QED) is 0.528. The van der Waals surface area contributed by atoms with E-state index in [0.29, 0.717) is 26.7 Å². The van der Waals surface area contributed by atoms with Crippen molar-refractivity contribution >= 4 is 28.0 Å². The van der Waals surface area contributed by atoms with Crippen LogP contribution in [0.15, 0.2) is 41.9 Å². The molecule has 4 aromatic rings. The number of carbonyl (C=O) groups excluding carboxylic acids is 1. The van der Waals surface area contributed by atoms with Gasteiger partial charge >= 0.3 is 6.18 Å². The van der Waals surface area contributed by atoms with E-state index in [2.05, 4.69) is 20.4 Å². The Hall–Kier alpha value is -3.67. The van der Waals surface area contributed by atoms with Crippen LogP contribution in [0.1, 0.15) is 16.2 Å². The minimum Gasteiger partial charge on any atom is -0.454 e. The fourth-order valence-corrected chi connectivity index (χ4v) is 3.46. The summed E-state index contributed by atoms with van der Waals surface area (Å²) < 4.78 is 52.2. The van der Waals surface area contributed by atoms with Crippen LogP contribution in [-0.4, -0.2) is 32.3 Å². The number of nitrogens with one attached hydrogen (secondary N) is 1. The van der Waals surface area contributed by atoms with E-state index in [1.54, 1.807) is 23.6 Å². The highest BCUT2D eigenvalue weighted by Crippen LogP contribution is 2.37. The van der Waals surface area contributed by atoms with Crippen LogP contribution in [0.4, 0.5) is 18.3 Å². The Balaban J connectivity index is 1.60. The number of benzene rings is 1. The van der Waals surface area contributed by atoms with E-state index in [4.69, 9.17) is 9.47 Å². The molecule has 1 N–H and O–H groups in total. The van der Waals surface area contributed by atoms with Crippen LogP contribution in [0.5, 0.6) is 11.5 Å². The molecule has 0 atom stereocenters. The van der Waals surface area contributed by atoms with Gasteiger partial charge in [0.15, 0.2) is 33.7 Å². The van der Waals surface area contributed by atoms with Crippen LogP contribution < -0.4 is 14.8 Å². The molecule has 30 heavy (non-hydrogen) atoms. The number of rotatable bonds is 3. The number of nitrogens with zero attached hydrogens (tertiary/aromatic N) is 4. The van der Waals surface area contributed by atoms with Gasteiger partial charge in [-0.25, -0.2) is 14.5 Å². The van der Waals surface area contributed by atoms with Crippen molar-refractivity contribution in [2.75, 3.05) is 12.1 Å². The Morgan fingerprint density at radius 2 is 2.00 bits per heavy atom. The van der Waals surface area contributed by atoms with Crippen molar-refractivity contribution in [2.24, 2.45) is 0 Å². The smallest absolute Gasteiger partial charge is 0.433 e. The predicted octanol–water partition coefficient (Wildman–Crippen LogP) is 3.85. The molecule has 4 heterocycles. The van der Waals surface area contributed by atoms with E-state index >= 15 is 0 Å². The first-order valence-electron chi connectivity index (χ1n) is 8.47. The molecular weight excluding hydrogens is 423 g/mol. The lowest BCUT2D eigenvalue weighted by atomic mass is 10.1. The third-order valence-corrected chi connectivity index (χ3v) is 4.96. The summed E-state index contributed by atoms with van der Waals surface area (Å²) in [5, 5.41) is 8.25. The molecule has 0 radical (unpaired) electrons. The Bertz CT molecular complexity index is 1270. The number of fused-ring (bicyclic) bond motifs is 2. The van der Waals surface area contributed by atoms with E-state index in [0.717, 1.165) is 6.07 Å². The van der Waals surface area contributed by atoms with Crippen LogP contribution in [-0.2, 0) is 6.18 Å². The lowest BCUT2D eigenvalue weighted by Crippen LogP contribution is -2.15. The van der Waals surface area contributed by atoms with Crippen LogP contribution in [0.25, 0.3) is 16.9 Å². The van der Waals surface area contributed by atoms with Gasteiger partial charge < -0.3 is 9.47 Å². The average molecular weight is 433 g/mol. The zero-order chi connectivity index (χ0) is 20.9. The molecule has 1 aliphatic rings. The maximum Gasteiger partial charge on any atom is 0.433 e. The Kier molecular flexibility index (Phi) is 4.10. The Morgan fingerprint density at radius 3 is 2.77 bits per heavy atom. The average Bonchev–Trinajstić information content (AvgIpc) is 3.45. The molecule has 0 unspecified atom stereocenters. The molecule has 1 amide bonds. The second kappa shape index (κ2) is 6.69. The summed E-state index contributed by atoms with van der Waals surface area (Å²) >= 11 is 1.17. The molecule has 0 saturated heterocycles. The number of hydrogen-bond donors (Lipinski definition) is 1. The van der Waals surface area contributed by atoms with E-state index < -0.39 is 17.8 Å². The fraction of sp³-hybridized carbons (Fsp3) is 0.111. The number of alkyl halides is 3. The fourth-order valence-electron chi connectivity index (χ4n) is 2.94. The van der Waals surface area contributed by atoms with Crippen molar-refractivity contribution in [3.05, 3.63) is 53.3 Å². The van der Waals surface area contributed by atoms with E-state index in [1.807, 2.05) is 0 Å². The van der Waals surface area contributed by atoms with Crippen molar-refractivity contribution in [1.29, 1.82) is 0 Å².